The molecular weight excluding hydrogens is 458 g/mol. The zero-order valence-electron chi connectivity index (χ0n) is 19.0. The van der Waals surface area contributed by atoms with Crippen LogP contribution in [-0.2, 0) is 14.8 Å². The number of carbonyl (C=O) groups is 1. The fourth-order valence-electron chi connectivity index (χ4n) is 3.60. The molecule has 0 aliphatic carbocycles. The predicted molar refractivity (Wildman–Crippen MR) is 129 cm³/mol. The molecule has 0 aliphatic rings. The highest BCUT2D eigenvalue weighted by molar-refractivity contribution is 7.92. The predicted octanol–water partition coefficient (Wildman–Crippen LogP) is 3.58. The molecule has 0 aromatic heterocycles. The maximum atomic E-state index is 13.2. The van der Waals surface area contributed by atoms with Gasteiger partial charge < -0.3 is 10.1 Å². The van der Waals surface area contributed by atoms with Crippen LogP contribution in [-0.4, -0.2) is 39.2 Å². The Kier molecular flexibility index (Phi) is 7.52. The summed E-state index contributed by atoms with van der Waals surface area (Å²) in [6, 6.07) is 19.9. The molecule has 1 N–H and O–H groups in total. The van der Waals surface area contributed by atoms with E-state index < -0.39 is 33.4 Å². The largest absolute Gasteiger partial charge is 0.495 e. The van der Waals surface area contributed by atoms with E-state index in [9.17, 15) is 23.3 Å². The lowest BCUT2D eigenvalue weighted by Gasteiger charge is -2.26. The topological polar surface area (TPSA) is 119 Å². The first-order valence-corrected chi connectivity index (χ1v) is 12.2. The number of non-ortho nitro benzene ring substituents is 1. The van der Waals surface area contributed by atoms with Crippen LogP contribution in [0.4, 0.5) is 11.4 Å². The molecule has 34 heavy (non-hydrogen) atoms. The number of sulfonamides is 1. The van der Waals surface area contributed by atoms with Crippen molar-refractivity contribution in [2.75, 3.05) is 24.2 Å². The Balaban J connectivity index is 1.98. The molecule has 3 rings (SSSR count). The standard InChI is InChI=1S/C24H25N3O6S/c1-17-9-7-8-12-20(17)24(18-10-5-4-6-11-18)25-23(28)16-26(34(3,31)32)21-15-19(27(29)30)13-14-22(21)33-2/h4-15,24H,16H2,1-3H3,(H,25,28)/t24-/m1/s1. The third-order valence-corrected chi connectivity index (χ3v) is 6.39. The van der Waals surface area contributed by atoms with Crippen LogP contribution in [0.5, 0.6) is 5.75 Å². The number of methoxy groups -OCH3 is 1. The van der Waals surface area contributed by atoms with Crippen molar-refractivity contribution in [1.29, 1.82) is 0 Å². The molecule has 3 aromatic rings. The lowest BCUT2D eigenvalue weighted by molar-refractivity contribution is -0.384. The van der Waals surface area contributed by atoms with E-state index in [4.69, 9.17) is 4.74 Å². The van der Waals surface area contributed by atoms with Gasteiger partial charge in [-0.05, 0) is 29.7 Å². The number of rotatable bonds is 9. The average molecular weight is 484 g/mol. The van der Waals surface area contributed by atoms with Gasteiger partial charge in [0.2, 0.25) is 15.9 Å². The highest BCUT2D eigenvalue weighted by Crippen LogP contribution is 2.34. The SMILES string of the molecule is COc1ccc([N+](=O)[O-])cc1N(CC(=O)N[C@H](c1ccccc1)c1ccccc1C)S(C)(=O)=O. The van der Waals surface area contributed by atoms with Crippen molar-refractivity contribution in [3.8, 4) is 5.75 Å². The van der Waals surface area contributed by atoms with E-state index in [-0.39, 0.29) is 17.1 Å². The number of ether oxygens (including phenoxy) is 1. The highest BCUT2D eigenvalue weighted by Gasteiger charge is 2.28. The number of anilines is 1. The number of amides is 1. The molecule has 0 radical (unpaired) electrons. The van der Waals surface area contributed by atoms with Gasteiger partial charge in [-0.25, -0.2) is 8.42 Å². The molecule has 1 amide bonds. The van der Waals surface area contributed by atoms with Crippen LogP contribution in [0.15, 0.2) is 72.8 Å². The maximum Gasteiger partial charge on any atom is 0.271 e. The van der Waals surface area contributed by atoms with Gasteiger partial charge in [0, 0.05) is 12.1 Å². The Morgan fingerprint density at radius 1 is 1.09 bits per heavy atom. The Bertz CT molecular complexity index is 1300. The third kappa shape index (κ3) is 5.70. The summed E-state index contributed by atoms with van der Waals surface area (Å²) >= 11 is 0. The molecule has 0 fully saturated rings. The Morgan fingerprint density at radius 3 is 2.32 bits per heavy atom. The molecule has 0 saturated heterocycles. The molecule has 10 heteroatoms. The quantitative estimate of drug-likeness (QED) is 0.367. The lowest BCUT2D eigenvalue weighted by Crippen LogP contribution is -2.42. The minimum absolute atomic E-state index is 0.0855. The molecule has 9 nitrogen and oxygen atoms in total. The summed E-state index contributed by atoms with van der Waals surface area (Å²) in [6.07, 6.45) is 0.925. The number of nitrogens with one attached hydrogen (secondary N) is 1. The van der Waals surface area contributed by atoms with Crippen LogP contribution in [0.1, 0.15) is 22.7 Å². The van der Waals surface area contributed by atoms with Gasteiger partial charge in [0.15, 0.2) is 0 Å². The Morgan fingerprint density at radius 2 is 1.74 bits per heavy atom. The van der Waals surface area contributed by atoms with Crippen LogP contribution in [0.2, 0.25) is 0 Å². The molecule has 0 bridgehead atoms. The summed E-state index contributed by atoms with van der Waals surface area (Å²) in [5, 5.41) is 14.2. The second kappa shape index (κ2) is 10.3. The van der Waals surface area contributed by atoms with Crippen molar-refractivity contribution < 1.29 is 22.9 Å². The number of benzene rings is 3. The number of carbonyl (C=O) groups excluding carboxylic acids is 1. The van der Waals surface area contributed by atoms with Crippen molar-refractivity contribution in [2.45, 2.75) is 13.0 Å². The number of hydrogen-bond donors (Lipinski definition) is 1. The van der Waals surface area contributed by atoms with E-state index in [1.165, 1.54) is 19.2 Å². The van der Waals surface area contributed by atoms with Gasteiger partial charge in [0.05, 0.1) is 24.3 Å². The van der Waals surface area contributed by atoms with E-state index >= 15 is 0 Å². The normalized spacial score (nSPS) is 12.0. The summed E-state index contributed by atoms with van der Waals surface area (Å²) in [4.78, 5) is 23.8. The molecule has 178 valence electrons. The second-order valence-electron chi connectivity index (χ2n) is 7.65. The van der Waals surface area contributed by atoms with Crippen LogP contribution >= 0.6 is 0 Å². The van der Waals surface area contributed by atoms with E-state index in [1.54, 1.807) is 0 Å². The summed E-state index contributed by atoms with van der Waals surface area (Å²) in [6.45, 7) is 1.33. The number of nitro benzene ring substituents is 1. The van der Waals surface area contributed by atoms with Gasteiger partial charge in [-0.15, -0.1) is 0 Å². The Labute approximate surface area is 198 Å². The number of nitro groups is 1. The van der Waals surface area contributed by atoms with Crippen molar-refractivity contribution in [3.05, 3.63) is 99.6 Å². The van der Waals surface area contributed by atoms with Crippen molar-refractivity contribution >= 4 is 27.3 Å². The van der Waals surface area contributed by atoms with Crippen LogP contribution < -0.4 is 14.4 Å². The fourth-order valence-corrected chi connectivity index (χ4v) is 4.45. The summed E-state index contributed by atoms with van der Waals surface area (Å²) in [5.74, 6) is -0.501. The molecule has 0 spiro atoms. The van der Waals surface area contributed by atoms with E-state index in [1.807, 2.05) is 61.5 Å². The number of nitrogens with zero attached hydrogens (tertiary/aromatic N) is 2. The summed E-state index contributed by atoms with van der Waals surface area (Å²) in [5.41, 5.74) is 2.22. The number of hydrogen-bond acceptors (Lipinski definition) is 6. The van der Waals surface area contributed by atoms with E-state index in [0.29, 0.717) is 0 Å². The van der Waals surface area contributed by atoms with Gasteiger partial charge in [-0.1, -0.05) is 54.6 Å². The zero-order chi connectivity index (χ0) is 24.9. The molecule has 3 aromatic carbocycles. The van der Waals surface area contributed by atoms with E-state index in [0.717, 1.165) is 33.3 Å². The minimum Gasteiger partial charge on any atom is -0.495 e. The fraction of sp³-hybridized carbons (Fsp3) is 0.208. The van der Waals surface area contributed by atoms with Gasteiger partial charge in [0.1, 0.15) is 18.0 Å². The first-order chi connectivity index (χ1) is 16.1. The third-order valence-electron chi connectivity index (χ3n) is 5.27. The molecule has 0 saturated carbocycles. The van der Waals surface area contributed by atoms with Gasteiger partial charge in [0.25, 0.3) is 5.69 Å². The zero-order valence-corrected chi connectivity index (χ0v) is 19.8. The molecular formula is C24H25N3O6S. The van der Waals surface area contributed by atoms with Crippen molar-refractivity contribution in [2.24, 2.45) is 0 Å². The molecule has 0 aliphatic heterocycles. The van der Waals surface area contributed by atoms with Gasteiger partial charge in [-0.2, -0.15) is 0 Å². The highest BCUT2D eigenvalue weighted by atomic mass is 32.2. The minimum atomic E-state index is -3.99. The van der Waals surface area contributed by atoms with Crippen LogP contribution in [0.3, 0.4) is 0 Å². The van der Waals surface area contributed by atoms with Gasteiger partial charge in [-0.3, -0.25) is 19.2 Å². The smallest absolute Gasteiger partial charge is 0.271 e. The van der Waals surface area contributed by atoms with Crippen LogP contribution in [0, 0.1) is 17.0 Å². The molecule has 1 atom stereocenters. The number of aryl methyl sites for hydroxylation is 1. The lowest BCUT2D eigenvalue weighted by atomic mass is 9.95. The van der Waals surface area contributed by atoms with Crippen molar-refractivity contribution in [1.82, 2.24) is 5.32 Å². The maximum absolute atomic E-state index is 13.2. The monoisotopic (exact) mass is 483 g/mol. The average Bonchev–Trinajstić information content (AvgIpc) is 2.81. The summed E-state index contributed by atoms with van der Waals surface area (Å²) in [7, 11) is -2.68. The molecule has 0 unspecified atom stereocenters. The first kappa shape index (κ1) is 24.7. The molecule has 0 heterocycles. The van der Waals surface area contributed by atoms with E-state index in [2.05, 4.69) is 5.32 Å². The van der Waals surface area contributed by atoms with Crippen molar-refractivity contribution in [3.63, 3.8) is 0 Å². The van der Waals surface area contributed by atoms with Gasteiger partial charge >= 0.3 is 0 Å². The summed E-state index contributed by atoms with van der Waals surface area (Å²) < 4.78 is 31.2. The first-order valence-electron chi connectivity index (χ1n) is 10.3. The second-order valence-corrected chi connectivity index (χ2v) is 9.56. The van der Waals surface area contributed by atoms with Crippen LogP contribution in [0.25, 0.3) is 0 Å². The Hall–Kier alpha value is -3.92.